The zero-order chi connectivity index (χ0) is 16.9. The third kappa shape index (κ3) is 4.67. The number of amides is 1. The molecule has 0 aliphatic carbocycles. The Hall–Kier alpha value is -2.18. The average molecular weight is 363 g/mol. The number of carbonyl (C=O) groups excluding carboxylic acids is 1. The molecule has 0 bridgehead atoms. The molecule has 1 N–H and O–H groups in total. The molecule has 7 heteroatoms. The maximum Gasteiger partial charge on any atom is 0.272 e. The van der Waals surface area contributed by atoms with Gasteiger partial charge in [-0.1, -0.05) is 18.2 Å². The van der Waals surface area contributed by atoms with E-state index in [0.29, 0.717) is 23.5 Å². The van der Waals surface area contributed by atoms with Gasteiger partial charge in [-0.05, 0) is 50.6 Å². The van der Waals surface area contributed by atoms with Gasteiger partial charge in [-0.25, -0.2) is 0 Å². The van der Waals surface area contributed by atoms with Crippen LogP contribution in [0.1, 0.15) is 28.9 Å². The molecule has 2 aromatic rings. The molecule has 1 saturated heterocycles. The first-order chi connectivity index (χ1) is 11.6. The quantitative estimate of drug-likeness (QED) is 0.880. The Morgan fingerprint density at radius 1 is 1.20 bits per heavy atom. The summed E-state index contributed by atoms with van der Waals surface area (Å²) in [6, 6.07) is 10.6. The largest absolute Gasteiger partial charge is 0.349 e. The van der Waals surface area contributed by atoms with Gasteiger partial charge >= 0.3 is 0 Å². The minimum absolute atomic E-state index is 0. The molecule has 25 heavy (non-hydrogen) atoms. The Bertz CT molecular complexity index is 770. The number of nitrogens with one attached hydrogen (secondary N) is 1. The van der Waals surface area contributed by atoms with Gasteiger partial charge in [-0.15, -0.1) is 12.4 Å². The summed E-state index contributed by atoms with van der Waals surface area (Å²) < 4.78 is 1.27. The second kappa shape index (κ2) is 8.78. The molecule has 1 fully saturated rings. The summed E-state index contributed by atoms with van der Waals surface area (Å²) >= 11 is 0. The molecule has 0 saturated carbocycles. The lowest BCUT2D eigenvalue weighted by molar-refractivity contribution is 0.0942. The van der Waals surface area contributed by atoms with Crippen LogP contribution in [0, 0.1) is 6.92 Å². The van der Waals surface area contributed by atoms with E-state index in [1.165, 1.54) is 23.6 Å². The van der Waals surface area contributed by atoms with Gasteiger partial charge in [0, 0.05) is 19.2 Å². The van der Waals surface area contributed by atoms with Crippen LogP contribution in [-0.2, 0) is 0 Å². The molecule has 1 aliphatic heterocycles. The van der Waals surface area contributed by atoms with Gasteiger partial charge in [0.1, 0.15) is 0 Å². The maximum atomic E-state index is 12.4. The van der Waals surface area contributed by atoms with E-state index in [0.717, 1.165) is 19.6 Å². The van der Waals surface area contributed by atoms with Crippen LogP contribution in [0.4, 0.5) is 0 Å². The molecule has 3 rings (SSSR count). The summed E-state index contributed by atoms with van der Waals surface area (Å²) in [7, 11) is 0. The lowest BCUT2D eigenvalue weighted by Crippen LogP contribution is -2.35. The second-order valence-corrected chi connectivity index (χ2v) is 6.07. The van der Waals surface area contributed by atoms with Gasteiger partial charge in [0.05, 0.1) is 5.69 Å². The summed E-state index contributed by atoms with van der Waals surface area (Å²) in [5.74, 6) is -0.239. The lowest BCUT2D eigenvalue weighted by atomic mass is 10.2. The topological polar surface area (TPSA) is 67.2 Å². The van der Waals surface area contributed by atoms with Crippen LogP contribution in [0.15, 0.2) is 41.2 Å². The zero-order valence-electron chi connectivity index (χ0n) is 14.3. The van der Waals surface area contributed by atoms with Crippen molar-refractivity contribution in [3.8, 4) is 5.69 Å². The fourth-order valence-corrected chi connectivity index (χ4v) is 2.94. The van der Waals surface area contributed by atoms with Gasteiger partial charge in [0.25, 0.3) is 11.5 Å². The summed E-state index contributed by atoms with van der Waals surface area (Å²) in [5.41, 5.74) is 1.28. The zero-order valence-corrected chi connectivity index (χ0v) is 15.1. The maximum absolute atomic E-state index is 12.4. The van der Waals surface area contributed by atoms with Crippen LogP contribution in [-0.4, -0.2) is 46.8 Å². The predicted molar refractivity (Wildman–Crippen MR) is 99.8 cm³/mol. The van der Waals surface area contributed by atoms with Crippen LogP contribution >= 0.6 is 12.4 Å². The number of hydrogen-bond acceptors (Lipinski definition) is 4. The normalized spacial score (nSPS) is 14.1. The molecule has 1 aromatic carbocycles. The highest BCUT2D eigenvalue weighted by molar-refractivity contribution is 5.93. The number of aromatic nitrogens is 2. The number of aryl methyl sites for hydroxylation is 1. The van der Waals surface area contributed by atoms with Crippen LogP contribution < -0.4 is 10.9 Å². The number of hydrogen-bond donors (Lipinski definition) is 1. The van der Waals surface area contributed by atoms with Crippen LogP contribution in [0.3, 0.4) is 0 Å². The first kappa shape index (κ1) is 19.1. The first-order valence-corrected chi connectivity index (χ1v) is 8.32. The van der Waals surface area contributed by atoms with Crippen molar-refractivity contribution in [1.29, 1.82) is 0 Å². The molecule has 6 nitrogen and oxygen atoms in total. The highest BCUT2D eigenvalue weighted by Crippen LogP contribution is 2.07. The van der Waals surface area contributed by atoms with Crippen molar-refractivity contribution in [2.24, 2.45) is 0 Å². The molecule has 2 heterocycles. The number of nitrogens with zero attached hydrogens (tertiary/aromatic N) is 3. The standard InChI is InChI=1S/C18H22N4O2.ClH/c1-14-13-16(23)22(15-7-3-2-4-8-15)20-17(14)18(24)19-9-12-21-10-5-6-11-21;/h2-4,7-8,13H,5-6,9-12H2,1H3,(H,19,24);1H. The van der Waals surface area contributed by atoms with Crippen molar-refractivity contribution in [3.05, 3.63) is 58.0 Å². The molecule has 0 atom stereocenters. The Morgan fingerprint density at radius 2 is 1.88 bits per heavy atom. The van der Waals surface area contributed by atoms with E-state index in [1.807, 2.05) is 18.2 Å². The van der Waals surface area contributed by atoms with E-state index in [2.05, 4.69) is 15.3 Å². The van der Waals surface area contributed by atoms with Crippen molar-refractivity contribution in [1.82, 2.24) is 20.0 Å². The summed E-state index contributed by atoms with van der Waals surface area (Å²) in [5, 5.41) is 7.18. The average Bonchev–Trinajstić information content (AvgIpc) is 3.09. The minimum Gasteiger partial charge on any atom is -0.349 e. The van der Waals surface area contributed by atoms with Crippen molar-refractivity contribution in [2.45, 2.75) is 19.8 Å². The van der Waals surface area contributed by atoms with Crippen LogP contribution in [0.5, 0.6) is 0 Å². The van der Waals surface area contributed by atoms with Crippen molar-refractivity contribution < 1.29 is 4.79 Å². The molecular formula is C18H23ClN4O2. The number of halogens is 1. The van der Waals surface area contributed by atoms with E-state index in [9.17, 15) is 9.59 Å². The van der Waals surface area contributed by atoms with Gasteiger partial charge in [-0.3, -0.25) is 9.59 Å². The summed E-state index contributed by atoms with van der Waals surface area (Å²) in [4.78, 5) is 26.9. The monoisotopic (exact) mass is 362 g/mol. The van der Waals surface area contributed by atoms with Gasteiger partial charge < -0.3 is 10.2 Å². The molecular weight excluding hydrogens is 340 g/mol. The van der Waals surface area contributed by atoms with Crippen LogP contribution in [0.25, 0.3) is 5.69 Å². The molecule has 1 aliphatic rings. The van der Waals surface area contributed by atoms with Gasteiger partial charge in [0.15, 0.2) is 5.69 Å². The molecule has 1 aromatic heterocycles. The number of benzene rings is 1. The van der Waals surface area contributed by atoms with E-state index in [-0.39, 0.29) is 23.9 Å². The van der Waals surface area contributed by atoms with E-state index < -0.39 is 0 Å². The molecule has 0 unspecified atom stereocenters. The first-order valence-electron chi connectivity index (χ1n) is 8.32. The van der Waals surface area contributed by atoms with Gasteiger partial charge in [0.2, 0.25) is 0 Å². The van der Waals surface area contributed by atoms with E-state index >= 15 is 0 Å². The number of carbonyl (C=O) groups is 1. The fourth-order valence-electron chi connectivity index (χ4n) is 2.94. The van der Waals surface area contributed by atoms with Crippen LogP contribution in [0.2, 0.25) is 0 Å². The Labute approximate surface area is 153 Å². The van der Waals surface area contributed by atoms with Gasteiger partial charge in [-0.2, -0.15) is 9.78 Å². The number of rotatable bonds is 5. The van der Waals surface area contributed by atoms with E-state index in [1.54, 1.807) is 19.1 Å². The third-order valence-corrected chi connectivity index (χ3v) is 4.25. The lowest BCUT2D eigenvalue weighted by Gasteiger charge is -2.15. The highest BCUT2D eigenvalue weighted by atomic mass is 35.5. The fraction of sp³-hybridized carbons (Fsp3) is 0.389. The SMILES string of the molecule is Cc1cc(=O)n(-c2ccccc2)nc1C(=O)NCCN1CCCC1.Cl. The summed E-state index contributed by atoms with van der Waals surface area (Å²) in [6.07, 6.45) is 2.47. The smallest absolute Gasteiger partial charge is 0.272 e. The number of para-hydroxylation sites is 1. The Balaban J connectivity index is 0.00000225. The molecule has 134 valence electrons. The molecule has 0 spiro atoms. The third-order valence-electron chi connectivity index (χ3n) is 4.25. The van der Waals surface area contributed by atoms with Crippen molar-refractivity contribution >= 4 is 18.3 Å². The highest BCUT2D eigenvalue weighted by Gasteiger charge is 2.16. The van der Waals surface area contributed by atoms with E-state index in [4.69, 9.17) is 0 Å². The molecule has 1 amide bonds. The predicted octanol–water partition coefficient (Wildman–Crippen LogP) is 1.79. The second-order valence-electron chi connectivity index (χ2n) is 6.07. The van der Waals surface area contributed by atoms with Crippen molar-refractivity contribution in [3.63, 3.8) is 0 Å². The van der Waals surface area contributed by atoms with Crippen molar-refractivity contribution in [2.75, 3.05) is 26.2 Å². The summed E-state index contributed by atoms with van der Waals surface area (Å²) in [6.45, 7) is 5.38. The number of likely N-dealkylation sites (tertiary alicyclic amines) is 1. The minimum atomic E-state index is -0.243. The Morgan fingerprint density at radius 3 is 2.56 bits per heavy atom. The molecule has 0 radical (unpaired) electrons. The Kier molecular flexibility index (Phi) is 6.73.